The molecular formula is C10H13NO. The van der Waals surface area contributed by atoms with Gasteiger partial charge in [0, 0.05) is 12.3 Å². The van der Waals surface area contributed by atoms with E-state index in [1.165, 1.54) is 6.42 Å². The Bertz CT molecular complexity index is 229. The molecule has 1 saturated heterocycles. The van der Waals surface area contributed by atoms with Crippen LogP contribution in [0.3, 0.4) is 0 Å². The minimum atomic E-state index is 0.229. The van der Waals surface area contributed by atoms with Gasteiger partial charge in [0.25, 0.3) is 0 Å². The van der Waals surface area contributed by atoms with Crippen molar-refractivity contribution in [1.29, 1.82) is 0 Å². The van der Waals surface area contributed by atoms with E-state index in [1.807, 2.05) is 18.2 Å². The Balaban J connectivity index is 1.94. The SMILES string of the molecule is c1ccc(NC2CCCO2)cc1. The van der Waals surface area contributed by atoms with Crippen LogP contribution >= 0.6 is 0 Å². The van der Waals surface area contributed by atoms with E-state index in [2.05, 4.69) is 17.4 Å². The first kappa shape index (κ1) is 7.62. The summed E-state index contributed by atoms with van der Waals surface area (Å²) < 4.78 is 5.45. The molecule has 2 rings (SSSR count). The van der Waals surface area contributed by atoms with E-state index in [9.17, 15) is 0 Å². The molecular weight excluding hydrogens is 150 g/mol. The fourth-order valence-electron chi connectivity index (χ4n) is 1.41. The van der Waals surface area contributed by atoms with Gasteiger partial charge in [-0.2, -0.15) is 0 Å². The quantitative estimate of drug-likeness (QED) is 0.722. The maximum atomic E-state index is 5.45. The first-order chi connectivity index (χ1) is 5.95. The highest BCUT2D eigenvalue weighted by atomic mass is 16.5. The molecule has 0 radical (unpaired) electrons. The Hall–Kier alpha value is -1.02. The Morgan fingerprint density at radius 3 is 2.75 bits per heavy atom. The van der Waals surface area contributed by atoms with E-state index in [0.717, 1.165) is 18.7 Å². The van der Waals surface area contributed by atoms with E-state index in [4.69, 9.17) is 4.74 Å². The predicted molar refractivity (Wildman–Crippen MR) is 49.0 cm³/mol. The van der Waals surface area contributed by atoms with Crippen molar-refractivity contribution >= 4 is 5.69 Å². The largest absolute Gasteiger partial charge is 0.360 e. The molecule has 64 valence electrons. The molecule has 0 aliphatic carbocycles. The zero-order valence-corrected chi connectivity index (χ0v) is 6.99. The second-order valence-corrected chi connectivity index (χ2v) is 3.01. The maximum Gasteiger partial charge on any atom is 0.127 e. The van der Waals surface area contributed by atoms with E-state index >= 15 is 0 Å². The van der Waals surface area contributed by atoms with Crippen LogP contribution in [0.2, 0.25) is 0 Å². The highest BCUT2D eigenvalue weighted by molar-refractivity contribution is 5.42. The van der Waals surface area contributed by atoms with Gasteiger partial charge < -0.3 is 10.1 Å². The van der Waals surface area contributed by atoms with Gasteiger partial charge in [0.1, 0.15) is 6.23 Å². The molecule has 1 aromatic carbocycles. The average molecular weight is 163 g/mol. The number of anilines is 1. The monoisotopic (exact) mass is 163 g/mol. The molecule has 1 heterocycles. The topological polar surface area (TPSA) is 21.3 Å². The first-order valence-electron chi connectivity index (χ1n) is 4.38. The lowest BCUT2D eigenvalue weighted by Gasteiger charge is -2.12. The number of benzene rings is 1. The molecule has 1 unspecified atom stereocenters. The average Bonchev–Trinajstić information content (AvgIpc) is 2.59. The van der Waals surface area contributed by atoms with Crippen LogP contribution in [0.4, 0.5) is 5.69 Å². The van der Waals surface area contributed by atoms with Gasteiger partial charge >= 0.3 is 0 Å². The summed E-state index contributed by atoms with van der Waals surface area (Å²) in [5.41, 5.74) is 1.14. The minimum Gasteiger partial charge on any atom is -0.360 e. The van der Waals surface area contributed by atoms with Gasteiger partial charge in [-0.25, -0.2) is 0 Å². The summed E-state index contributed by atoms with van der Waals surface area (Å²) in [6.45, 7) is 0.893. The fraction of sp³-hybridized carbons (Fsp3) is 0.400. The van der Waals surface area contributed by atoms with Gasteiger partial charge in [0.2, 0.25) is 0 Å². The first-order valence-corrected chi connectivity index (χ1v) is 4.38. The van der Waals surface area contributed by atoms with Crippen molar-refractivity contribution in [2.24, 2.45) is 0 Å². The normalized spacial score (nSPS) is 22.5. The molecule has 0 bridgehead atoms. The molecule has 12 heavy (non-hydrogen) atoms. The highest BCUT2D eigenvalue weighted by Gasteiger charge is 2.13. The molecule has 1 atom stereocenters. The number of hydrogen-bond donors (Lipinski definition) is 1. The zero-order chi connectivity index (χ0) is 8.23. The molecule has 2 heteroatoms. The van der Waals surface area contributed by atoms with Gasteiger partial charge in [0.15, 0.2) is 0 Å². The summed E-state index contributed by atoms with van der Waals surface area (Å²) in [6.07, 6.45) is 2.52. The molecule has 1 aliphatic rings. The van der Waals surface area contributed by atoms with Crippen LogP contribution in [0.5, 0.6) is 0 Å². The van der Waals surface area contributed by atoms with Crippen molar-refractivity contribution in [2.75, 3.05) is 11.9 Å². The smallest absolute Gasteiger partial charge is 0.127 e. The van der Waals surface area contributed by atoms with Crippen LogP contribution in [0.1, 0.15) is 12.8 Å². The number of hydrogen-bond acceptors (Lipinski definition) is 2. The zero-order valence-electron chi connectivity index (χ0n) is 6.99. The van der Waals surface area contributed by atoms with Crippen molar-refractivity contribution in [3.8, 4) is 0 Å². The van der Waals surface area contributed by atoms with Crippen LogP contribution in [0, 0.1) is 0 Å². The Labute approximate surface area is 72.5 Å². The summed E-state index contributed by atoms with van der Waals surface area (Å²) in [5, 5.41) is 3.32. The van der Waals surface area contributed by atoms with Crippen LogP contribution < -0.4 is 5.32 Å². The molecule has 1 N–H and O–H groups in total. The molecule has 0 spiro atoms. The molecule has 0 aromatic heterocycles. The second-order valence-electron chi connectivity index (χ2n) is 3.01. The lowest BCUT2D eigenvalue weighted by molar-refractivity contribution is 0.132. The van der Waals surface area contributed by atoms with Crippen LogP contribution in [-0.2, 0) is 4.74 Å². The number of ether oxygens (including phenoxy) is 1. The van der Waals surface area contributed by atoms with Crippen molar-refractivity contribution < 1.29 is 4.74 Å². The third-order valence-electron chi connectivity index (χ3n) is 2.03. The maximum absolute atomic E-state index is 5.45. The van der Waals surface area contributed by atoms with Crippen molar-refractivity contribution in [3.63, 3.8) is 0 Å². The number of para-hydroxylation sites is 1. The van der Waals surface area contributed by atoms with Crippen molar-refractivity contribution in [1.82, 2.24) is 0 Å². The van der Waals surface area contributed by atoms with Gasteiger partial charge in [-0.1, -0.05) is 18.2 Å². The highest BCUT2D eigenvalue weighted by Crippen LogP contribution is 2.15. The summed E-state index contributed by atoms with van der Waals surface area (Å²) in [5.74, 6) is 0. The van der Waals surface area contributed by atoms with Crippen LogP contribution in [-0.4, -0.2) is 12.8 Å². The molecule has 0 saturated carbocycles. The molecule has 1 fully saturated rings. The second kappa shape index (κ2) is 3.59. The summed E-state index contributed by atoms with van der Waals surface area (Å²) in [6, 6.07) is 10.2. The van der Waals surface area contributed by atoms with Gasteiger partial charge in [-0.15, -0.1) is 0 Å². The van der Waals surface area contributed by atoms with Gasteiger partial charge in [0.05, 0.1) is 0 Å². The van der Waals surface area contributed by atoms with E-state index < -0.39 is 0 Å². The van der Waals surface area contributed by atoms with Gasteiger partial charge in [-0.3, -0.25) is 0 Å². The summed E-state index contributed by atoms with van der Waals surface area (Å²) >= 11 is 0. The van der Waals surface area contributed by atoms with Gasteiger partial charge in [-0.05, 0) is 25.0 Å². The van der Waals surface area contributed by atoms with E-state index in [-0.39, 0.29) is 6.23 Å². The lowest BCUT2D eigenvalue weighted by Crippen LogP contribution is -2.16. The Kier molecular flexibility index (Phi) is 2.28. The Morgan fingerprint density at radius 2 is 2.08 bits per heavy atom. The third kappa shape index (κ3) is 1.77. The number of nitrogens with one attached hydrogen (secondary N) is 1. The lowest BCUT2D eigenvalue weighted by atomic mass is 10.3. The summed E-state index contributed by atoms with van der Waals surface area (Å²) in [4.78, 5) is 0. The molecule has 1 aliphatic heterocycles. The standard InChI is InChI=1S/C10H13NO/c1-2-5-9(6-3-1)11-10-7-4-8-12-10/h1-3,5-6,10-11H,4,7-8H2. The fourth-order valence-corrected chi connectivity index (χ4v) is 1.41. The van der Waals surface area contributed by atoms with E-state index in [0.29, 0.717) is 0 Å². The molecule has 1 aromatic rings. The van der Waals surface area contributed by atoms with Crippen molar-refractivity contribution in [2.45, 2.75) is 19.1 Å². The van der Waals surface area contributed by atoms with Crippen LogP contribution in [0.25, 0.3) is 0 Å². The van der Waals surface area contributed by atoms with Crippen molar-refractivity contribution in [3.05, 3.63) is 30.3 Å². The van der Waals surface area contributed by atoms with Crippen LogP contribution in [0.15, 0.2) is 30.3 Å². The van der Waals surface area contributed by atoms with E-state index in [1.54, 1.807) is 0 Å². The molecule has 2 nitrogen and oxygen atoms in total. The Morgan fingerprint density at radius 1 is 1.25 bits per heavy atom. The predicted octanol–water partition coefficient (Wildman–Crippen LogP) is 2.24. The minimum absolute atomic E-state index is 0.229. The molecule has 0 amide bonds. The number of rotatable bonds is 2. The summed E-state index contributed by atoms with van der Waals surface area (Å²) in [7, 11) is 0. The third-order valence-corrected chi connectivity index (χ3v) is 2.03.